The Labute approximate surface area is 167 Å². The molecule has 0 fully saturated rings. The fraction of sp³-hybridized carbons (Fsp3) is 0.0870. The smallest absolute Gasteiger partial charge is 0.309 e. The summed E-state index contributed by atoms with van der Waals surface area (Å²) in [7, 11) is 1.34. The highest BCUT2D eigenvalue weighted by Crippen LogP contribution is 2.35. The second-order valence-corrected chi connectivity index (χ2v) is 6.66. The van der Waals surface area contributed by atoms with Crippen molar-refractivity contribution in [1.29, 1.82) is 5.26 Å². The van der Waals surface area contributed by atoms with Crippen molar-refractivity contribution in [2.24, 2.45) is 0 Å². The lowest BCUT2D eigenvalue weighted by atomic mass is 10.0. The van der Waals surface area contributed by atoms with Gasteiger partial charge >= 0.3 is 5.97 Å². The number of ether oxygens (including phenoxy) is 1. The summed E-state index contributed by atoms with van der Waals surface area (Å²) >= 11 is 0. The standard InChI is InChI=1S/C23H17N3O3/c1-29-22(27)11-14-5-8-19-21(10-14)26-23(28)18-7-6-17(12-20(18)25-19)16-4-2-3-15(9-16)13-24/h2-10,12,25H,11H2,1H3,(H,26,28). The predicted molar refractivity (Wildman–Crippen MR) is 110 cm³/mol. The summed E-state index contributed by atoms with van der Waals surface area (Å²) in [6.45, 7) is 0. The minimum atomic E-state index is -0.342. The van der Waals surface area contributed by atoms with Crippen LogP contribution in [-0.2, 0) is 16.0 Å². The minimum absolute atomic E-state index is 0.131. The second-order valence-electron chi connectivity index (χ2n) is 6.66. The van der Waals surface area contributed by atoms with E-state index in [9.17, 15) is 9.59 Å². The third-order valence-corrected chi connectivity index (χ3v) is 4.77. The molecule has 0 radical (unpaired) electrons. The van der Waals surface area contributed by atoms with Crippen LogP contribution in [0.1, 0.15) is 21.5 Å². The number of hydrogen-bond donors (Lipinski definition) is 2. The quantitative estimate of drug-likeness (QED) is 0.660. The lowest BCUT2D eigenvalue weighted by molar-refractivity contribution is -0.139. The van der Waals surface area contributed by atoms with Crippen LogP contribution < -0.4 is 10.6 Å². The number of hydrogen-bond acceptors (Lipinski definition) is 5. The van der Waals surface area contributed by atoms with E-state index in [-0.39, 0.29) is 18.3 Å². The van der Waals surface area contributed by atoms with E-state index >= 15 is 0 Å². The van der Waals surface area contributed by atoms with Gasteiger partial charge in [-0.3, -0.25) is 9.59 Å². The van der Waals surface area contributed by atoms with Crippen molar-refractivity contribution in [2.75, 3.05) is 17.7 Å². The third kappa shape index (κ3) is 3.66. The van der Waals surface area contributed by atoms with Gasteiger partial charge in [-0.2, -0.15) is 5.26 Å². The van der Waals surface area contributed by atoms with Crippen LogP contribution in [0, 0.1) is 11.3 Å². The molecule has 1 heterocycles. The van der Waals surface area contributed by atoms with Gasteiger partial charge in [0.1, 0.15) is 0 Å². The summed E-state index contributed by atoms with van der Waals surface area (Å²) in [5.74, 6) is -0.579. The largest absolute Gasteiger partial charge is 0.469 e. The fourth-order valence-corrected chi connectivity index (χ4v) is 3.28. The van der Waals surface area contributed by atoms with Gasteiger partial charge in [0.25, 0.3) is 5.91 Å². The first kappa shape index (κ1) is 18.3. The lowest BCUT2D eigenvalue weighted by Gasteiger charge is -2.11. The van der Waals surface area contributed by atoms with Gasteiger partial charge in [0.05, 0.1) is 47.8 Å². The number of methoxy groups -OCH3 is 1. The highest BCUT2D eigenvalue weighted by Gasteiger charge is 2.20. The zero-order valence-electron chi connectivity index (χ0n) is 15.7. The Bertz CT molecular complexity index is 1180. The molecule has 1 amide bonds. The number of rotatable bonds is 3. The molecule has 0 aliphatic carbocycles. The molecule has 3 aromatic rings. The number of fused-ring (bicyclic) bond motifs is 2. The normalized spacial score (nSPS) is 11.8. The van der Waals surface area contributed by atoms with Crippen molar-refractivity contribution >= 4 is 28.9 Å². The number of nitrogens with one attached hydrogen (secondary N) is 2. The van der Waals surface area contributed by atoms with E-state index in [4.69, 9.17) is 10.00 Å². The maximum atomic E-state index is 12.7. The number of nitrogens with zero attached hydrogens (tertiary/aromatic N) is 1. The Morgan fingerprint density at radius 1 is 0.966 bits per heavy atom. The van der Waals surface area contributed by atoms with E-state index in [1.807, 2.05) is 42.5 Å². The number of anilines is 3. The molecule has 0 unspecified atom stereocenters. The Morgan fingerprint density at radius 3 is 2.59 bits per heavy atom. The zero-order chi connectivity index (χ0) is 20.4. The molecule has 1 aliphatic rings. The number of esters is 1. The van der Waals surface area contributed by atoms with Gasteiger partial charge < -0.3 is 15.4 Å². The van der Waals surface area contributed by atoms with Crippen LogP contribution in [-0.4, -0.2) is 19.0 Å². The molecule has 0 saturated heterocycles. The van der Waals surface area contributed by atoms with Crippen LogP contribution in [0.15, 0.2) is 60.7 Å². The SMILES string of the molecule is COC(=O)Cc1ccc2c(c1)NC(=O)c1ccc(-c3cccc(C#N)c3)cc1N2. The number of carbonyl (C=O) groups is 2. The predicted octanol–water partition coefficient (Wildman–Crippen LogP) is 4.25. The molecular formula is C23H17N3O3. The van der Waals surface area contributed by atoms with Crippen molar-refractivity contribution in [1.82, 2.24) is 0 Å². The molecule has 2 N–H and O–H groups in total. The minimum Gasteiger partial charge on any atom is -0.469 e. The van der Waals surface area contributed by atoms with Crippen LogP contribution in [0.4, 0.5) is 17.1 Å². The van der Waals surface area contributed by atoms with Crippen molar-refractivity contribution < 1.29 is 14.3 Å². The van der Waals surface area contributed by atoms with Crippen molar-refractivity contribution in [3.8, 4) is 17.2 Å². The van der Waals surface area contributed by atoms with Crippen LogP contribution >= 0.6 is 0 Å². The summed E-state index contributed by atoms with van der Waals surface area (Å²) < 4.78 is 4.70. The van der Waals surface area contributed by atoms with Gasteiger partial charge in [-0.1, -0.05) is 24.3 Å². The lowest BCUT2D eigenvalue weighted by Crippen LogP contribution is -2.11. The highest BCUT2D eigenvalue weighted by molar-refractivity contribution is 6.12. The van der Waals surface area contributed by atoms with E-state index in [0.717, 1.165) is 22.4 Å². The Balaban J connectivity index is 1.71. The van der Waals surface area contributed by atoms with Gasteiger partial charge in [-0.05, 0) is 53.1 Å². The number of amides is 1. The van der Waals surface area contributed by atoms with Crippen molar-refractivity contribution in [3.05, 3.63) is 77.4 Å². The molecule has 0 saturated carbocycles. The molecule has 0 bridgehead atoms. The average molecular weight is 383 g/mol. The van der Waals surface area contributed by atoms with E-state index in [1.165, 1.54) is 7.11 Å². The molecule has 4 rings (SSSR count). The molecule has 3 aromatic carbocycles. The third-order valence-electron chi connectivity index (χ3n) is 4.77. The summed E-state index contributed by atoms with van der Waals surface area (Å²) in [5, 5.41) is 15.3. The Hall–Kier alpha value is -4.11. The van der Waals surface area contributed by atoms with E-state index in [2.05, 4.69) is 16.7 Å². The number of nitriles is 1. The van der Waals surface area contributed by atoms with Gasteiger partial charge in [0.15, 0.2) is 0 Å². The summed E-state index contributed by atoms with van der Waals surface area (Å²) in [4.78, 5) is 24.3. The molecule has 1 aliphatic heterocycles. The van der Waals surface area contributed by atoms with Crippen LogP contribution in [0.3, 0.4) is 0 Å². The molecule has 142 valence electrons. The van der Waals surface area contributed by atoms with Crippen LogP contribution in [0.5, 0.6) is 0 Å². The number of carbonyl (C=O) groups excluding carboxylic acids is 2. The zero-order valence-corrected chi connectivity index (χ0v) is 15.7. The number of benzene rings is 3. The molecule has 6 heteroatoms. The Morgan fingerprint density at radius 2 is 1.79 bits per heavy atom. The molecule has 0 spiro atoms. The van der Waals surface area contributed by atoms with Crippen LogP contribution in [0.25, 0.3) is 11.1 Å². The fourth-order valence-electron chi connectivity index (χ4n) is 3.28. The molecule has 6 nitrogen and oxygen atoms in total. The van der Waals surface area contributed by atoms with Gasteiger partial charge in [0, 0.05) is 0 Å². The summed E-state index contributed by atoms with van der Waals surface area (Å²) in [6.07, 6.45) is 0.131. The molecule has 0 atom stereocenters. The maximum absolute atomic E-state index is 12.7. The molecule has 0 aromatic heterocycles. The Kier molecular flexibility index (Phi) is 4.71. The maximum Gasteiger partial charge on any atom is 0.309 e. The molecule has 29 heavy (non-hydrogen) atoms. The summed E-state index contributed by atoms with van der Waals surface area (Å²) in [6, 6.07) is 20.4. The van der Waals surface area contributed by atoms with Crippen LogP contribution in [0.2, 0.25) is 0 Å². The topological polar surface area (TPSA) is 91.2 Å². The van der Waals surface area contributed by atoms with E-state index in [1.54, 1.807) is 18.2 Å². The van der Waals surface area contributed by atoms with E-state index in [0.29, 0.717) is 22.5 Å². The molecular weight excluding hydrogens is 366 g/mol. The van der Waals surface area contributed by atoms with Gasteiger partial charge in [-0.15, -0.1) is 0 Å². The van der Waals surface area contributed by atoms with Crippen molar-refractivity contribution in [2.45, 2.75) is 6.42 Å². The first-order valence-electron chi connectivity index (χ1n) is 9.00. The summed E-state index contributed by atoms with van der Waals surface area (Å²) in [5.41, 5.74) is 5.62. The first-order valence-corrected chi connectivity index (χ1v) is 9.00. The monoisotopic (exact) mass is 383 g/mol. The van der Waals surface area contributed by atoms with Gasteiger partial charge in [-0.25, -0.2) is 0 Å². The average Bonchev–Trinajstić information content (AvgIpc) is 2.88. The van der Waals surface area contributed by atoms with E-state index < -0.39 is 0 Å². The highest BCUT2D eigenvalue weighted by atomic mass is 16.5. The van der Waals surface area contributed by atoms with Gasteiger partial charge in [0.2, 0.25) is 0 Å². The second kappa shape index (κ2) is 7.49. The first-order chi connectivity index (χ1) is 14.1. The van der Waals surface area contributed by atoms with Crippen molar-refractivity contribution in [3.63, 3.8) is 0 Å².